The summed E-state index contributed by atoms with van der Waals surface area (Å²) in [5, 5.41) is 26.5. The number of fused-ring (bicyclic) bond motifs is 4. The zero-order valence-electron chi connectivity index (χ0n) is 29.7. The molecule has 2 aliphatic carbocycles. The van der Waals surface area contributed by atoms with Gasteiger partial charge in [0.15, 0.2) is 0 Å². The maximum atomic E-state index is 12.7. The third-order valence-electron chi connectivity index (χ3n) is 9.63. The Hall–Kier alpha value is -0.621. The Balaban J connectivity index is 0.00000209. The minimum atomic E-state index is 0.00694. The Labute approximate surface area is 315 Å². The molecular formula is C36H59Cl2MnN7O2S-4. The molecule has 2 N–H and O–H groups in total. The molecule has 0 spiro atoms. The van der Waals surface area contributed by atoms with Crippen LogP contribution in [0.1, 0.15) is 122 Å². The number of unbranched alkanes of at least 4 members (excludes halogenated alkanes) is 4. The van der Waals surface area contributed by atoms with Crippen LogP contribution < -0.4 is 10.6 Å². The number of aromatic nitrogens is 1. The molecule has 1 aromatic rings. The molecule has 2 saturated carbocycles. The van der Waals surface area contributed by atoms with Crippen molar-refractivity contribution in [1.82, 2.24) is 15.6 Å². The Morgan fingerprint density at radius 1 is 0.816 bits per heavy atom. The van der Waals surface area contributed by atoms with Crippen molar-refractivity contribution in [1.29, 1.82) is 0 Å². The number of amides is 2. The van der Waals surface area contributed by atoms with E-state index < -0.39 is 0 Å². The van der Waals surface area contributed by atoms with E-state index in [0.29, 0.717) is 37.5 Å². The van der Waals surface area contributed by atoms with Crippen LogP contribution in [0.25, 0.3) is 21.3 Å². The summed E-state index contributed by atoms with van der Waals surface area (Å²) in [4.78, 5) is 30.9. The second-order valence-corrected chi connectivity index (χ2v) is 16.6. The van der Waals surface area contributed by atoms with E-state index >= 15 is 0 Å². The number of pyridine rings is 1. The summed E-state index contributed by atoms with van der Waals surface area (Å²) in [7, 11) is 9.59. The normalized spacial score (nSPS) is 23.7. The van der Waals surface area contributed by atoms with E-state index in [2.05, 4.69) is 29.7 Å². The fourth-order valence-corrected chi connectivity index (χ4v) is 7.67. The summed E-state index contributed by atoms with van der Waals surface area (Å²) in [6, 6.07) is 5.34. The molecule has 0 radical (unpaired) electrons. The SMILES string of the molecule is CCCCC(C)C(=O)NCCCCCCNC(=O)CSc1cc2nc(c1)C[N-][C@@H]1CCCC[C@H]1[N-]CC[N-][C@@H]1CCCC[C@H]1[N-]C2.[Cl][Mn][Cl]. The van der Waals surface area contributed by atoms with Gasteiger partial charge in [-0.2, -0.15) is 37.3 Å². The predicted octanol–water partition coefficient (Wildman–Crippen LogP) is 9.30. The number of hydrogen-bond donors (Lipinski definition) is 2. The van der Waals surface area contributed by atoms with E-state index in [-0.39, 0.29) is 42.9 Å². The zero-order valence-corrected chi connectivity index (χ0v) is 33.2. The van der Waals surface area contributed by atoms with Crippen molar-refractivity contribution < 1.29 is 22.7 Å². The van der Waals surface area contributed by atoms with Gasteiger partial charge in [-0.3, -0.25) is 14.6 Å². The van der Waals surface area contributed by atoms with Crippen LogP contribution in [0.4, 0.5) is 0 Å². The van der Waals surface area contributed by atoms with Gasteiger partial charge in [0.1, 0.15) is 0 Å². The average Bonchev–Trinajstić information content (AvgIpc) is 3.11. The Bertz CT molecular complexity index is 1030. The molecule has 281 valence electrons. The van der Waals surface area contributed by atoms with E-state index in [1.54, 1.807) is 11.8 Å². The number of thioether (sulfide) groups is 1. The standard InChI is InChI=1S/C36H59N7O2S.2ClH.Mn/c1-3-4-13-27(2)36(45)40-19-12-6-5-11-18-39-35(44)26-46-30-22-28-24-41-33-16-9-7-14-31(33)37-20-21-38-32-15-8-10-17-34(32)42-25-29(23-30)43-28;;;/h22-23,27,31-34H,3-21,24-26H2,1-2H3,(H,39,44)(H,40,45);2*1H;/q-4;;;+2/p-2/t27?,31-,32-,33-,34-;;;/m1.../s1. The number of rotatable bonds is 14. The van der Waals surface area contributed by atoms with Crippen LogP contribution in [0.3, 0.4) is 0 Å². The molecule has 2 bridgehead atoms. The predicted molar refractivity (Wildman–Crippen MR) is 203 cm³/mol. The van der Waals surface area contributed by atoms with Crippen molar-refractivity contribution in [2.75, 3.05) is 31.9 Å². The molecule has 2 amide bonds. The monoisotopic (exact) mass is 778 g/mol. The van der Waals surface area contributed by atoms with Crippen LogP contribution in [0.15, 0.2) is 17.0 Å². The number of halogens is 2. The van der Waals surface area contributed by atoms with Gasteiger partial charge in [-0.25, -0.2) is 0 Å². The van der Waals surface area contributed by atoms with Gasteiger partial charge in [0.2, 0.25) is 11.8 Å². The molecule has 13 heteroatoms. The van der Waals surface area contributed by atoms with Gasteiger partial charge in [-0.1, -0.05) is 90.9 Å². The summed E-state index contributed by atoms with van der Waals surface area (Å²) in [5.74, 6) is 0.716. The molecule has 5 atom stereocenters. The van der Waals surface area contributed by atoms with E-state index in [1.807, 2.05) is 6.92 Å². The second kappa shape index (κ2) is 26.2. The third-order valence-corrected chi connectivity index (χ3v) is 10.6. The van der Waals surface area contributed by atoms with E-state index in [4.69, 9.17) is 46.4 Å². The molecule has 3 aliphatic rings. The summed E-state index contributed by atoms with van der Waals surface area (Å²) in [5.41, 5.74) is 1.93. The van der Waals surface area contributed by atoms with Gasteiger partial charge in [0.25, 0.3) is 0 Å². The molecule has 1 aromatic heterocycles. The first-order valence-electron chi connectivity index (χ1n) is 18.6. The number of hydrogen-bond acceptors (Lipinski definition) is 4. The summed E-state index contributed by atoms with van der Waals surface area (Å²) >= 11 is 1.58. The van der Waals surface area contributed by atoms with Gasteiger partial charge in [-0.05, 0) is 31.4 Å². The number of carbonyl (C=O) groups is 2. The second-order valence-electron chi connectivity index (χ2n) is 13.6. The fraction of sp³-hybridized carbons (Fsp3) is 0.806. The summed E-state index contributed by atoms with van der Waals surface area (Å²) < 4.78 is 0. The van der Waals surface area contributed by atoms with Gasteiger partial charge >= 0.3 is 33.3 Å². The molecule has 1 aliphatic heterocycles. The molecule has 9 nitrogen and oxygen atoms in total. The van der Waals surface area contributed by atoms with Crippen molar-refractivity contribution >= 4 is 43.8 Å². The van der Waals surface area contributed by atoms with Crippen LogP contribution in [-0.2, 0) is 35.8 Å². The Kier molecular flexibility index (Phi) is 22.9. The van der Waals surface area contributed by atoms with Crippen LogP contribution >= 0.6 is 32.0 Å². The molecule has 49 heavy (non-hydrogen) atoms. The molecule has 1 unspecified atom stereocenters. The fourth-order valence-electron chi connectivity index (χ4n) is 6.83. The number of nitrogens with zero attached hydrogens (tertiary/aromatic N) is 5. The first-order chi connectivity index (χ1) is 23.9. The van der Waals surface area contributed by atoms with Crippen LogP contribution in [0.2, 0.25) is 0 Å². The molecule has 2 heterocycles. The van der Waals surface area contributed by atoms with Crippen molar-refractivity contribution in [3.63, 3.8) is 0 Å². The molecular weight excluding hydrogens is 720 g/mol. The van der Waals surface area contributed by atoms with Crippen molar-refractivity contribution in [3.8, 4) is 0 Å². The maximum absolute atomic E-state index is 12.7. The van der Waals surface area contributed by atoms with Crippen LogP contribution in [0, 0.1) is 5.92 Å². The first-order valence-corrected chi connectivity index (χ1v) is 22.9. The van der Waals surface area contributed by atoms with E-state index in [9.17, 15) is 9.59 Å². The zero-order chi connectivity index (χ0) is 35.1. The number of nitrogens with one attached hydrogen (secondary N) is 2. The third kappa shape index (κ3) is 17.6. The van der Waals surface area contributed by atoms with Crippen molar-refractivity contribution in [2.45, 2.75) is 152 Å². The minimum absolute atomic E-state index is 0.00694. The van der Waals surface area contributed by atoms with Crippen LogP contribution in [-0.4, -0.2) is 72.9 Å². The average molecular weight is 780 g/mol. The van der Waals surface area contributed by atoms with Gasteiger partial charge in [0.05, 0.1) is 5.75 Å². The first kappa shape index (κ1) is 42.8. The molecule has 4 rings (SSSR count). The Morgan fingerprint density at radius 2 is 1.31 bits per heavy atom. The van der Waals surface area contributed by atoms with Gasteiger partial charge in [-0.15, -0.1) is 24.9 Å². The van der Waals surface area contributed by atoms with Gasteiger partial charge in [0, 0.05) is 35.3 Å². The molecule has 0 saturated heterocycles. The van der Waals surface area contributed by atoms with Crippen molar-refractivity contribution in [3.05, 3.63) is 44.8 Å². The molecule has 0 aromatic carbocycles. The van der Waals surface area contributed by atoms with E-state index in [1.165, 1.54) is 25.7 Å². The van der Waals surface area contributed by atoms with Crippen LogP contribution in [0.5, 0.6) is 0 Å². The Morgan fingerprint density at radius 3 is 1.82 bits per heavy atom. The molecule has 2 fully saturated rings. The summed E-state index contributed by atoms with van der Waals surface area (Å²) in [6.45, 7) is 8.36. The topological polar surface area (TPSA) is 127 Å². The van der Waals surface area contributed by atoms with E-state index in [0.717, 1.165) is 107 Å². The number of carbonyl (C=O) groups excluding carboxylic acids is 2. The quantitative estimate of drug-likeness (QED) is 0.111. The van der Waals surface area contributed by atoms with Gasteiger partial charge < -0.3 is 31.9 Å². The summed E-state index contributed by atoms with van der Waals surface area (Å²) in [6.07, 6.45) is 16.6. The van der Waals surface area contributed by atoms with Crippen molar-refractivity contribution in [2.24, 2.45) is 5.92 Å².